The Labute approximate surface area is 116 Å². The van der Waals surface area contributed by atoms with E-state index < -0.39 is 0 Å². The third kappa shape index (κ3) is 4.67. The Morgan fingerprint density at radius 1 is 1.22 bits per heavy atom. The number of aryl methyl sites for hydroxylation is 1. The Morgan fingerprint density at radius 2 is 1.89 bits per heavy atom. The molecule has 104 valence electrons. The molecule has 1 aromatic heterocycles. The van der Waals surface area contributed by atoms with E-state index in [0.29, 0.717) is 6.04 Å². The van der Waals surface area contributed by atoms with Gasteiger partial charge >= 0.3 is 0 Å². The van der Waals surface area contributed by atoms with E-state index in [4.69, 9.17) is 4.98 Å². The molecule has 0 fully saturated rings. The normalized spacial score (nSPS) is 11.7. The fourth-order valence-electron chi connectivity index (χ4n) is 1.85. The Bertz CT molecular complexity index is 343. The van der Waals surface area contributed by atoms with Gasteiger partial charge in [-0.15, -0.1) is 11.3 Å². The highest BCUT2D eigenvalue weighted by Crippen LogP contribution is 2.20. The van der Waals surface area contributed by atoms with Gasteiger partial charge in [-0.2, -0.15) is 0 Å². The van der Waals surface area contributed by atoms with Crippen molar-refractivity contribution in [3.05, 3.63) is 15.6 Å². The predicted octanol–water partition coefficient (Wildman–Crippen LogP) is 3.05. The first kappa shape index (κ1) is 15.6. The number of thiazole rings is 1. The molecule has 0 aliphatic heterocycles. The molecule has 0 radical (unpaired) electrons. The summed E-state index contributed by atoms with van der Waals surface area (Å²) in [5, 5.41) is 4.75. The molecule has 1 heterocycles. The van der Waals surface area contributed by atoms with Crippen molar-refractivity contribution in [3.63, 3.8) is 0 Å². The van der Waals surface area contributed by atoms with Gasteiger partial charge in [0.1, 0.15) is 5.01 Å². The Balaban J connectivity index is 2.70. The highest BCUT2D eigenvalue weighted by molar-refractivity contribution is 7.11. The monoisotopic (exact) mass is 269 g/mol. The summed E-state index contributed by atoms with van der Waals surface area (Å²) in [6.07, 6.45) is 1.03. The van der Waals surface area contributed by atoms with Crippen LogP contribution in [0.5, 0.6) is 0 Å². The average Bonchev–Trinajstić information content (AvgIpc) is 2.75. The van der Waals surface area contributed by atoms with E-state index in [1.165, 1.54) is 15.6 Å². The second-order valence-corrected chi connectivity index (χ2v) is 6.00. The van der Waals surface area contributed by atoms with Crippen LogP contribution in [0.2, 0.25) is 0 Å². The molecule has 0 amide bonds. The van der Waals surface area contributed by atoms with Crippen LogP contribution in [0, 0.1) is 0 Å². The maximum absolute atomic E-state index is 4.78. The van der Waals surface area contributed by atoms with Gasteiger partial charge in [0.2, 0.25) is 0 Å². The lowest BCUT2D eigenvalue weighted by atomic mass is 10.3. The van der Waals surface area contributed by atoms with Crippen LogP contribution < -0.4 is 5.32 Å². The van der Waals surface area contributed by atoms with Gasteiger partial charge in [-0.05, 0) is 19.5 Å². The van der Waals surface area contributed by atoms with Crippen LogP contribution in [-0.2, 0) is 19.5 Å². The molecule has 0 atom stereocenters. The molecule has 0 unspecified atom stereocenters. The third-order valence-electron chi connectivity index (χ3n) is 3.08. The standard InChI is InChI=1S/C14H27N3S/c1-6-12-13(9-15-11(4)5)18-14(16-12)10-17(7-2)8-3/h11,15H,6-10H2,1-5H3. The highest BCUT2D eigenvalue weighted by atomic mass is 32.1. The number of nitrogens with one attached hydrogen (secondary N) is 1. The second kappa shape index (κ2) is 7.87. The topological polar surface area (TPSA) is 28.2 Å². The fourth-order valence-corrected chi connectivity index (χ4v) is 3.00. The van der Waals surface area contributed by atoms with E-state index in [1.54, 1.807) is 0 Å². The van der Waals surface area contributed by atoms with E-state index in [9.17, 15) is 0 Å². The third-order valence-corrected chi connectivity index (χ3v) is 4.16. The largest absolute Gasteiger partial charge is 0.310 e. The first-order valence-corrected chi connectivity index (χ1v) is 7.85. The van der Waals surface area contributed by atoms with E-state index in [-0.39, 0.29) is 0 Å². The zero-order chi connectivity index (χ0) is 13.5. The van der Waals surface area contributed by atoms with Gasteiger partial charge in [0.25, 0.3) is 0 Å². The molecule has 0 saturated carbocycles. The van der Waals surface area contributed by atoms with E-state index in [0.717, 1.165) is 32.6 Å². The molecule has 0 aliphatic carbocycles. The maximum Gasteiger partial charge on any atom is 0.107 e. The molecule has 1 aromatic rings. The van der Waals surface area contributed by atoms with Crippen molar-refractivity contribution >= 4 is 11.3 Å². The van der Waals surface area contributed by atoms with Crippen molar-refractivity contribution in [2.75, 3.05) is 13.1 Å². The Kier molecular flexibility index (Phi) is 6.82. The molecule has 1 rings (SSSR count). The minimum absolute atomic E-state index is 0.531. The summed E-state index contributed by atoms with van der Waals surface area (Å²) in [5.41, 5.74) is 1.27. The molecule has 1 N–H and O–H groups in total. The molecule has 0 aliphatic rings. The summed E-state index contributed by atoms with van der Waals surface area (Å²) in [6, 6.07) is 0.531. The fraction of sp³-hybridized carbons (Fsp3) is 0.786. The molecular formula is C14H27N3S. The Morgan fingerprint density at radius 3 is 2.39 bits per heavy atom. The van der Waals surface area contributed by atoms with Gasteiger partial charge in [-0.25, -0.2) is 4.98 Å². The molecular weight excluding hydrogens is 242 g/mol. The van der Waals surface area contributed by atoms with Gasteiger partial charge in [-0.3, -0.25) is 4.90 Å². The average molecular weight is 269 g/mol. The lowest BCUT2D eigenvalue weighted by molar-refractivity contribution is 0.295. The summed E-state index contributed by atoms with van der Waals surface area (Å²) in [7, 11) is 0. The lowest BCUT2D eigenvalue weighted by Crippen LogP contribution is -2.22. The zero-order valence-electron chi connectivity index (χ0n) is 12.4. The SMILES string of the molecule is CCc1nc(CN(CC)CC)sc1CNC(C)C. The van der Waals surface area contributed by atoms with Crippen LogP contribution in [0.15, 0.2) is 0 Å². The van der Waals surface area contributed by atoms with Crippen LogP contribution in [0.4, 0.5) is 0 Å². The van der Waals surface area contributed by atoms with Crippen LogP contribution >= 0.6 is 11.3 Å². The number of aromatic nitrogens is 1. The lowest BCUT2D eigenvalue weighted by Gasteiger charge is -2.15. The van der Waals surface area contributed by atoms with Crippen molar-refractivity contribution in [1.29, 1.82) is 0 Å². The second-order valence-electron chi connectivity index (χ2n) is 4.83. The molecule has 0 aromatic carbocycles. The van der Waals surface area contributed by atoms with Crippen LogP contribution in [0.3, 0.4) is 0 Å². The highest BCUT2D eigenvalue weighted by Gasteiger charge is 2.11. The van der Waals surface area contributed by atoms with Gasteiger partial charge in [0.15, 0.2) is 0 Å². The molecule has 4 heteroatoms. The molecule has 0 bridgehead atoms. The van der Waals surface area contributed by atoms with Crippen LogP contribution in [-0.4, -0.2) is 29.0 Å². The summed E-state index contributed by atoms with van der Waals surface area (Å²) < 4.78 is 0. The van der Waals surface area contributed by atoms with Crippen molar-refractivity contribution < 1.29 is 0 Å². The van der Waals surface area contributed by atoms with E-state index in [1.807, 2.05) is 11.3 Å². The first-order chi connectivity index (χ1) is 8.60. The summed E-state index contributed by atoms with van der Waals surface area (Å²) in [6.45, 7) is 15.1. The quantitative estimate of drug-likeness (QED) is 0.786. The zero-order valence-corrected chi connectivity index (χ0v) is 13.2. The van der Waals surface area contributed by atoms with Gasteiger partial charge in [0, 0.05) is 17.5 Å². The van der Waals surface area contributed by atoms with Crippen molar-refractivity contribution in [2.45, 2.75) is 60.2 Å². The molecule has 0 spiro atoms. The number of hydrogen-bond donors (Lipinski definition) is 1. The maximum atomic E-state index is 4.78. The van der Waals surface area contributed by atoms with Gasteiger partial charge in [0.05, 0.1) is 12.2 Å². The first-order valence-electron chi connectivity index (χ1n) is 7.03. The summed E-state index contributed by atoms with van der Waals surface area (Å²) in [5.74, 6) is 0. The Hall–Kier alpha value is -0.450. The minimum atomic E-state index is 0.531. The number of hydrogen-bond acceptors (Lipinski definition) is 4. The summed E-state index contributed by atoms with van der Waals surface area (Å²) >= 11 is 1.87. The minimum Gasteiger partial charge on any atom is -0.310 e. The van der Waals surface area contributed by atoms with Crippen molar-refractivity contribution in [1.82, 2.24) is 15.2 Å². The summed E-state index contributed by atoms with van der Waals surface area (Å²) in [4.78, 5) is 8.60. The van der Waals surface area contributed by atoms with E-state index >= 15 is 0 Å². The van der Waals surface area contributed by atoms with Gasteiger partial charge < -0.3 is 5.32 Å². The van der Waals surface area contributed by atoms with E-state index in [2.05, 4.69) is 44.8 Å². The van der Waals surface area contributed by atoms with Crippen LogP contribution in [0.25, 0.3) is 0 Å². The molecule has 18 heavy (non-hydrogen) atoms. The van der Waals surface area contributed by atoms with Crippen LogP contribution in [0.1, 0.15) is 50.2 Å². The van der Waals surface area contributed by atoms with Crippen molar-refractivity contribution in [3.8, 4) is 0 Å². The number of nitrogens with zero attached hydrogens (tertiary/aromatic N) is 2. The molecule has 3 nitrogen and oxygen atoms in total. The predicted molar refractivity (Wildman–Crippen MR) is 80.1 cm³/mol. The smallest absolute Gasteiger partial charge is 0.107 e. The number of rotatable bonds is 8. The van der Waals surface area contributed by atoms with Gasteiger partial charge in [-0.1, -0.05) is 34.6 Å². The molecule has 0 saturated heterocycles. The van der Waals surface area contributed by atoms with Crippen molar-refractivity contribution in [2.24, 2.45) is 0 Å².